The largest absolute Gasteiger partial charge is 0.493 e. The molecular weight excluding hydrogens is 424 g/mol. The molecule has 0 N–H and O–H groups in total. The minimum Gasteiger partial charge on any atom is -0.493 e. The zero-order valence-electron chi connectivity index (χ0n) is 17.2. The number of rotatable bonds is 6. The molecule has 4 rings (SSSR count). The fraction of sp³-hybridized carbons (Fsp3) is 0.286. The number of hydrogen-bond donors (Lipinski definition) is 0. The predicted octanol–water partition coefficient (Wildman–Crippen LogP) is 2.29. The Morgan fingerprint density at radius 2 is 1.81 bits per heavy atom. The summed E-state index contributed by atoms with van der Waals surface area (Å²) in [5.74, 6) is 1.48. The Morgan fingerprint density at radius 1 is 1.06 bits per heavy atom. The number of aromatic nitrogens is 1. The molecule has 162 valence electrons. The van der Waals surface area contributed by atoms with Gasteiger partial charge in [-0.15, -0.1) is 0 Å². The fourth-order valence-corrected chi connectivity index (χ4v) is 4.26. The van der Waals surface area contributed by atoms with Crippen LogP contribution in [0.3, 0.4) is 0 Å². The number of thiazole rings is 1. The standard InChI is InChI=1S/C21H20N2O7S/c1-26-15-8-13-18(9-16(15)27-2)31-21(23(13)10-20(25)28-3)22-19(24)7-12-4-5-14-17(6-12)30-11-29-14/h4-6,8-9H,7,10-11H2,1-3H3. The van der Waals surface area contributed by atoms with E-state index in [1.165, 1.54) is 25.6 Å². The first-order valence-corrected chi connectivity index (χ1v) is 10.1. The number of hydrogen-bond acceptors (Lipinski definition) is 8. The molecule has 1 aliphatic heterocycles. The first-order chi connectivity index (χ1) is 15.0. The lowest BCUT2D eigenvalue weighted by Crippen LogP contribution is -2.22. The molecule has 0 aliphatic carbocycles. The first kappa shape index (κ1) is 20.7. The molecule has 0 unspecified atom stereocenters. The molecule has 0 saturated carbocycles. The maximum absolute atomic E-state index is 12.7. The smallest absolute Gasteiger partial charge is 0.325 e. The molecule has 9 nitrogen and oxygen atoms in total. The second-order valence-corrected chi connectivity index (χ2v) is 7.60. The van der Waals surface area contributed by atoms with Crippen molar-refractivity contribution in [2.45, 2.75) is 13.0 Å². The van der Waals surface area contributed by atoms with Crippen molar-refractivity contribution in [3.63, 3.8) is 0 Å². The van der Waals surface area contributed by atoms with Crippen LogP contribution in [0.1, 0.15) is 5.56 Å². The normalized spacial score (nSPS) is 12.8. The van der Waals surface area contributed by atoms with E-state index in [1.807, 2.05) is 0 Å². The number of amides is 1. The van der Waals surface area contributed by atoms with Crippen LogP contribution in [0, 0.1) is 0 Å². The summed E-state index contributed by atoms with van der Waals surface area (Å²) >= 11 is 1.27. The molecule has 0 spiro atoms. The van der Waals surface area contributed by atoms with Crippen molar-refractivity contribution in [1.29, 1.82) is 0 Å². The predicted molar refractivity (Wildman–Crippen MR) is 112 cm³/mol. The average molecular weight is 444 g/mol. The van der Waals surface area contributed by atoms with Gasteiger partial charge < -0.3 is 28.3 Å². The number of ether oxygens (including phenoxy) is 5. The molecule has 1 amide bonds. The van der Waals surface area contributed by atoms with Crippen molar-refractivity contribution in [3.8, 4) is 23.0 Å². The lowest BCUT2D eigenvalue weighted by atomic mass is 10.1. The summed E-state index contributed by atoms with van der Waals surface area (Å²) in [6, 6.07) is 8.85. The van der Waals surface area contributed by atoms with E-state index in [-0.39, 0.29) is 25.7 Å². The highest BCUT2D eigenvalue weighted by Crippen LogP contribution is 2.34. The van der Waals surface area contributed by atoms with Crippen molar-refractivity contribution >= 4 is 33.4 Å². The molecule has 1 aromatic heterocycles. The lowest BCUT2D eigenvalue weighted by molar-refractivity contribution is -0.141. The van der Waals surface area contributed by atoms with E-state index >= 15 is 0 Å². The third-order valence-electron chi connectivity index (χ3n) is 4.72. The SMILES string of the molecule is COC(=O)Cn1c(=NC(=O)Cc2ccc3c(c2)OCO3)sc2cc(OC)c(OC)cc21. The molecule has 0 atom stereocenters. The van der Waals surface area contributed by atoms with E-state index in [4.69, 9.17) is 23.7 Å². The number of carbonyl (C=O) groups is 2. The molecule has 10 heteroatoms. The Bertz CT molecular complexity index is 1230. The quantitative estimate of drug-likeness (QED) is 0.538. The maximum Gasteiger partial charge on any atom is 0.325 e. The summed E-state index contributed by atoms with van der Waals surface area (Å²) in [7, 11) is 4.38. The van der Waals surface area contributed by atoms with Gasteiger partial charge in [-0.3, -0.25) is 9.59 Å². The van der Waals surface area contributed by atoms with Gasteiger partial charge in [-0.2, -0.15) is 4.99 Å². The van der Waals surface area contributed by atoms with Crippen LogP contribution in [0.15, 0.2) is 35.3 Å². The minimum atomic E-state index is -0.459. The van der Waals surface area contributed by atoms with Crippen molar-refractivity contribution < 1.29 is 33.3 Å². The minimum absolute atomic E-state index is 0.0791. The first-order valence-electron chi connectivity index (χ1n) is 9.30. The molecule has 31 heavy (non-hydrogen) atoms. The average Bonchev–Trinajstić information content (AvgIpc) is 3.36. The second kappa shape index (κ2) is 8.68. The summed E-state index contributed by atoms with van der Waals surface area (Å²) < 4.78 is 28.6. The van der Waals surface area contributed by atoms with E-state index in [9.17, 15) is 9.59 Å². The molecule has 1 aliphatic rings. The van der Waals surface area contributed by atoms with Crippen LogP contribution in [-0.4, -0.2) is 44.6 Å². The van der Waals surface area contributed by atoms with E-state index in [0.717, 1.165) is 10.3 Å². The summed E-state index contributed by atoms with van der Waals surface area (Å²) in [5.41, 5.74) is 1.43. The number of fused-ring (bicyclic) bond motifs is 2. The molecular formula is C21H20N2O7S. The van der Waals surface area contributed by atoms with Crippen LogP contribution < -0.4 is 23.7 Å². The fourth-order valence-electron chi connectivity index (χ4n) is 3.20. The highest BCUT2D eigenvalue weighted by molar-refractivity contribution is 7.16. The van der Waals surface area contributed by atoms with Gasteiger partial charge in [0.1, 0.15) is 6.54 Å². The number of benzene rings is 2. The second-order valence-electron chi connectivity index (χ2n) is 6.59. The number of methoxy groups -OCH3 is 3. The molecule has 0 radical (unpaired) electrons. The van der Waals surface area contributed by atoms with Gasteiger partial charge in [0.2, 0.25) is 6.79 Å². The topological polar surface area (TPSA) is 97.6 Å². The van der Waals surface area contributed by atoms with Gasteiger partial charge in [-0.1, -0.05) is 17.4 Å². The Hall–Kier alpha value is -3.53. The zero-order valence-corrected chi connectivity index (χ0v) is 18.0. The number of nitrogens with zero attached hydrogens (tertiary/aromatic N) is 2. The van der Waals surface area contributed by atoms with Crippen molar-refractivity contribution in [1.82, 2.24) is 4.57 Å². The van der Waals surface area contributed by atoms with E-state index in [1.54, 1.807) is 42.0 Å². The number of esters is 1. The van der Waals surface area contributed by atoms with Gasteiger partial charge in [0, 0.05) is 12.1 Å². The maximum atomic E-state index is 12.7. The Kier molecular flexibility index (Phi) is 5.81. The molecule has 0 fully saturated rings. The molecule has 3 aromatic rings. The third kappa shape index (κ3) is 4.19. The van der Waals surface area contributed by atoms with Crippen molar-refractivity contribution in [2.24, 2.45) is 4.99 Å². The van der Waals surface area contributed by atoms with E-state index in [0.29, 0.717) is 33.3 Å². The summed E-state index contributed by atoms with van der Waals surface area (Å²) in [6.45, 7) is 0.0709. The van der Waals surface area contributed by atoms with Gasteiger partial charge in [0.25, 0.3) is 5.91 Å². The zero-order chi connectivity index (χ0) is 22.0. The summed E-state index contributed by atoms with van der Waals surface area (Å²) in [6.07, 6.45) is 0.0791. The van der Waals surface area contributed by atoms with E-state index < -0.39 is 5.97 Å². The number of carbonyl (C=O) groups excluding carboxylic acids is 2. The Morgan fingerprint density at radius 3 is 2.55 bits per heavy atom. The van der Waals surface area contributed by atoms with Crippen LogP contribution in [0.25, 0.3) is 10.2 Å². The molecule has 2 heterocycles. The van der Waals surface area contributed by atoms with Crippen molar-refractivity contribution in [3.05, 3.63) is 40.7 Å². The van der Waals surface area contributed by atoms with Crippen LogP contribution in [0.2, 0.25) is 0 Å². The van der Waals surface area contributed by atoms with Gasteiger partial charge in [-0.05, 0) is 17.7 Å². The Labute approximate surface area is 181 Å². The summed E-state index contributed by atoms with van der Waals surface area (Å²) in [4.78, 5) is 29.3. The van der Waals surface area contributed by atoms with Crippen LogP contribution in [-0.2, 0) is 27.3 Å². The summed E-state index contributed by atoms with van der Waals surface area (Å²) in [5, 5.41) is 0. The van der Waals surface area contributed by atoms with Crippen molar-refractivity contribution in [2.75, 3.05) is 28.1 Å². The van der Waals surface area contributed by atoms with Crippen LogP contribution in [0.4, 0.5) is 0 Å². The van der Waals surface area contributed by atoms with Gasteiger partial charge in [0.15, 0.2) is 27.8 Å². The lowest BCUT2D eigenvalue weighted by Gasteiger charge is -2.09. The van der Waals surface area contributed by atoms with Crippen LogP contribution >= 0.6 is 11.3 Å². The van der Waals surface area contributed by atoms with Gasteiger partial charge >= 0.3 is 5.97 Å². The van der Waals surface area contributed by atoms with Gasteiger partial charge in [0.05, 0.1) is 38.0 Å². The van der Waals surface area contributed by atoms with Crippen LogP contribution in [0.5, 0.6) is 23.0 Å². The third-order valence-corrected chi connectivity index (χ3v) is 5.76. The molecule has 0 saturated heterocycles. The highest BCUT2D eigenvalue weighted by Gasteiger charge is 2.17. The van der Waals surface area contributed by atoms with E-state index in [2.05, 4.69) is 4.99 Å². The highest BCUT2D eigenvalue weighted by atomic mass is 32.1. The Balaban J connectivity index is 1.73. The molecule has 0 bridgehead atoms. The monoisotopic (exact) mass is 444 g/mol. The van der Waals surface area contributed by atoms with Gasteiger partial charge in [-0.25, -0.2) is 0 Å². The molecule has 2 aromatic carbocycles.